The largest absolute Gasteiger partial charge is 0.451 e. The molecule has 10 rings (SSSR count). The number of carbonyl (C=O) groups is 3. The number of benzene rings is 6. The predicted molar refractivity (Wildman–Crippen MR) is 267 cm³/mol. The lowest BCUT2D eigenvalue weighted by molar-refractivity contribution is -0.155. The van der Waals surface area contributed by atoms with Crippen molar-refractivity contribution in [3.63, 3.8) is 0 Å². The number of anilines is 1. The fourth-order valence-corrected chi connectivity index (χ4v) is 13.5. The van der Waals surface area contributed by atoms with E-state index in [9.17, 15) is 14.4 Å². The highest BCUT2D eigenvalue weighted by Crippen LogP contribution is 2.49. The van der Waals surface area contributed by atoms with E-state index in [4.69, 9.17) is 19.5 Å². The van der Waals surface area contributed by atoms with Crippen molar-refractivity contribution in [2.24, 2.45) is 5.16 Å². The molecule has 8 aromatic rings. The summed E-state index contributed by atoms with van der Waals surface area (Å²) < 4.78 is 6.98. The predicted octanol–water partition coefficient (Wildman–Crippen LogP) is 9.77. The van der Waals surface area contributed by atoms with Gasteiger partial charge in [-0.1, -0.05) is 181 Å². The van der Waals surface area contributed by atoms with Gasteiger partial charge < -0.3 is 25.1 Å². The molecule has 11 nitrogen and oxygen atoms in total. The molecule has 2 aromatic heterocycles. The number of aromatic nitrogens is 2. The minimum absolute atomic E-state index is 0.0533. The molecule has 2 fully saturated rings. The normalized spacial score (nSPS) is 18.2. The number of carbonyl (C=O) groups excluding carboxylic acids is 3. The lowest BCUT2D eigenvalue weighted by atomic mass is 9.77. The highest BCUT2D eigenvalue weighted by atomic mass is 32.2. The third-order valence-corrected chi connectivity index (χ3v) is 16.7. The van der Waals surface area contributed by atoms with Gasteiger partial charge in [0.15, 0.2) is 21.3 Å². The van der Waals surface area contributed by atoms with Gasteiger partial charge in [-0.15, -0.1) is 34.4 Å². The summed E-state index contributed by atoms with van der Waals surface area (Å²) in [6.07, 6.45) is -0.684. The van der Waals surface area contributed by atoms with Gasteiger partial charge in [0, 0.05) is 17.7 Å². The summed E-state index contributed by atoms with van der Waals surface area (Å²) in [6, 6.07) is 56.7. The summed E-state index contributed by atoms with van der Waals surface area (Å²) in [5.74, 6) is -1.12. The van der Waals surface area contributed by atoms with Crippen LogP contribution in [0.1, 0.15) is 39.6 Å². The summed E-state index contributed by atoms with van der Waals surface area (Å²) in [4.78, 5) is 59.9. The number of nitrogens with one attached hydrogen (secondary N) is 2. The molecular weight excluding hydrogens is 917 g/mol. The molecule has 67 heavy (non-hydrogen) atoms. The van der Waals surface area contributed by atoms with Crippen molar-refractivity contribution >= 4 is 85.0 Å². The maximum Gasteiger partial charge on any atom is 0.326 e. The molecule has 334 valence electrons. The van der Waals surface area contributed by atoms with E-state index in [2.05, 4.69) is 52.2 Å². The zero-order chi connectivity index (χ0) is 45.8. The molecule has 0 spiro atoms. The Morgan fingerprint density at radius 2 is 1.33 bits per heavy atom. The van der Waals surface area contributed by atoms with Crippen LogP contribution in [0.15, 0.2) is 191 Å². The molecule has 2 N–H and O–H groups in total. The number of β-lactam (4-membered cyclic amide) rings is 1. The molecule has 2 aliphatic rings. The molecule has 15 heteroatoms. The van der Waals surface area contributed by atoms with Crippen LogP contribution >= 0.6 is 46.2 Å². The van der Waals surface area contributed by atoms with Crippen molar-refractivity contribution in [3.05, 3.63) is 215 Å². The van der Waals surface area contributed by atoms with Crippen molar-refractivity contribution in [1.82, 2.24) is 20.2 Å². The standard InChI is InChI=1S/C52H42N6O5S4/c1-62-57-42(40-31-64-49(53-40)56-52(36-23-11-4-12-24-36,37-25-13-5-14-26-37)38-27-15-6-16-28-38)45(59)55-43-46(60)58-32-51(33-65-47(43)58,67-50-54-39-29-17-18-30-41(39)66-50)48(61)63-44(34-19-7-2-8-20-34)35-21-9-3-10-22-35/h2-31,43-44,47H,32-33H2,1H3,(H,53,56)(H,55,59)/t43?,47-,51?/m1/s1. The average molecular weight is 959 g/mol. The van der Waals surface area contributed by atoms with Crippen LogP contribution in [0.25, 0.3) is 10.2 Å². The Labute approximate surface area is 403 Å². The van der Waals surface area contributed by atoms with Gasteiger partial charge in [-0.3, -0.25) is 14.4 Å². The Balaban J connectivity index is 0.900. The van der Waals surface area contributed by atoms with Gasteiger partial charge >= 0.3 is 5.97 Å². The van der Waals surface area contributed by atoms with Crippen molar-refractivity contribution < 1.29 is 24.0 Å². The number of thioether (sulfide) groups is 2. The number of thiazole rings is 2. The van der Waals surface area contributed by atoms with Crippen LogP contribution in [0.5, 0.6) is 0 Å². The number of esters is 1. The Morgan fingerprint density at radius 3 is 1.90 bits per heavy atom. The van der Waals surface area contributed by atoms with E-state index < -0.39 is 39.7 Å². The van der Waals surface area contributed by atoms with Crippen molar-refractivity contribution in [2.75, 3.05) is 24.7 Å². The van der Waals surface area contributed by atoms with E-state index in [1.54, 1.807) is 10.3 Å². The molecule has 0 saturated carbocycles. The summed E-state index contributed by atoms with van der Waals surface area (Å²) in [5, 5.41) is 12.6. The minimum Gasteiger partial charge on any atom is -0.451 e. The highest BCUT2D eigenvalue weighted by Gasteiger charge is 2.59. The molecular formula is C52H42N6O5S4. The van der Waals surface area contributed by atoms with E-state index >= 15 is 0 Å². The highest BCUT2D eigenvalue weighted by molar-refractivity contribution is 8.06. The first-order valence-electron chi connectivity index (χ1n) is 21.5. The number of hydrogen-bond donors (Lipinski definition) is 2. The molecule has 0 aliphatic carbocycles. The van der Waals surface area contributed by atoms with Crippen molar-refractivity contribution in [1.29, 1.82) is 0 Å². The van der Waals surface area contributed by atoms with Gasteiger partial charge in [0.05, 0.1) is 10.2 Å². The first-order valence-corrected chi connectivity index (χ1v) is 25.0. The Kier molecular flexibility index (Phi) is 12.6. The van der Waals surface area contributed by atoms with Crippen molar-refractivity contribution in [2.45, 2.75) is 32.1 Å². The topological polar surface area (TPSA) is 135 Å². The molecule has 2 aliphatic heterocycles. The van der Waals surface area contributed by atoms with E-state index in [1.807, 2.05) is 140 Å². The Morgan fingerprint density at radius 1 is 0.776 bits per heavy atom. The van der Waals surface area contributed by atoms with Crippen molar-refractivity contribution in [3.8, 4) is 0 Å². The molecule has 0 radical (unpaired) electrons. The molecule has 4 heterocycles. The van der Waals surface area contributed by atoms with Crippen LogP contribution in [0.3, 0.4) is 0 Å². The molecule has 2 saturated heterocycles. The third-order valence-electron chi connectivity index (χ3n) is 11.8. The number of para-hydroxylation sites is 1. The first kappa shape index (κ1) is 44.1. The number of rotatable bonds is 15. The van der Waals surface area contributed by atoms with E-state index in [1.165, 1.54) is 53.3 Å². The van der Waals surface area contributed by atoms with Gasteiger partial charge in [-0.05, 0) is 39.9 Å². The first-order chi connectivity index (χ1) is 32.8. The van der Waals surface area contributed by atoms with Crippen LogP contribution in [0, 0.1) is 0 Å². The van der Waals surface area contributed by atoms with Crippen LogP contribution in [-0.2, 0) is 29.5 Å². The number of hydrogen-bond acceptors (Lipinski definition) is 13. The summed E-state index contributed by atoms with van der Waals surface area (Å²) in [6.45, 7) is 0.0533. The van der Waals surface area contributed by atoms with Crippen LogP contribution in [-0.4, -0.2) is 73.9 Å². The maximum atomic E-state index is 14.9. The fourth-order valence-electron chi connectivity index (χ4n) is 8.53. The monoisotopic (exact) mass is 958 g/mol. The maximum absolute atomic E-state index is 14.9. The van der Waals surface area contributed by atoms with E-state index in [0.29, 0.717) is 9.47 Å². The molecule has 3 atom stereocenters. The van der Waals surface area contributed by atoms with Crippen LogP contribution < -0.4 is 10.6 Å². The van der Waals surface area contributed by atoms with Crippen LogP contribution in [0.2, 0.25) is 0 Å². The lowest BCUT2D eigenvalue weighted by Crippen LogP contribution is -2.75. The Bertz CT molecular complexity index is 2880. The SMILES string of the molecule is CON=C(C(=O)NC1C(=O)N2CC(Sc3nc4ccccc4s3)(C(=O)OC(c3ccccc3)c3ccccc3)CS[C@H]12)c1csc(NC(c2ccccc2)(c2ccccc2)c2ccccc2)n1. The van der Waals surface area contributed by atoms with Gasteiger partial charge in [-0.25, -0.2) is 9.97 Å². The zero-order valence-corrected chi connectivity index (χ0v) is 39.2. The average Bonchev–Trinajstić information content (AvgIpc) is 4.03. The zero-order valence-electron chi connectivity index (χ0n) is 35.9. The van der Waals surface area contributed by atoms with Crippen LogP contribution in [0.4, 0.5) is 5.13 Å². The number of amides is 2. The van der Waals surface area contributed by atoms with E-state index in [0.717, 1.165) is 38.0 Å². The van der Waals surface area contributed by atoms with Gasteiger partial charge in [-0.2, -0.15) is 0 Å². The number of oxime groups is 1. The number of fused-ring (bicyclic) bond motifs is 2. The van der Waals surface area contributed by atoms with Gasteiger partial charge in [0.25, 0.3) is 5.91 Å². The summed E-state index contributed by atoms with van der Waals surface area (Å²) in [7, 11) is 1.36. The third kappa shape index (κ3) is 8.71. The minimum atomic E-state index is -1.22. The molecule has 6 aromatic carbocycles. The molecule has 0 bridgehead atoms. The number of ether oxygens (including phenoxy) is 1. The lowest BCUT2D eigenvalue weighted by Gasteiger charge is -2.53. The summed E-state index contributed by atoms with van der Waals surface area (Å²) >= 11 is 5.57. The smallest absolute Gasteiger partial charge is 0.326 e. The summed E-state index contributed by atoms with van der Waals surface area (Å²) in [5.41, 5.74) is 4.80. The van der Waals surface area contributed by atoms with Gasteiger partial charge in [0.1, 0.15) is 34.5 Å². The second-order valence-corrected chi connectivity index (χ2v) is 20.5. The molecule has 2 unspecified atom stereocenters. The fraction of sp³-hybridized carbons (Fsp3) is 0.154. The Hall–Kier alpha value is -6.78. The second kappa shape index (κ2) is 19.2. The second-order valence-electron chi connectivity index (χ2n) is 15.9. The number of nitrogens with zero attached hydrogens (tertiary/aromatic N) is 4. The van der Waals surface area contributed by atoms with Gasteiger partial charge in [0.2, 0.25) is 5.91 Å². The van der Waals surface area contributed by atoms with E-state index in [-0.39, 0.29) is 29.6 Å². The quantitative estimate of drug-likeness (QED) is 0.0336. The molecule has 2 amide bonds.